The fourth-order valence-corrected chi connectivity index (χ4v) is 1.78. The lowest BCUT2D eigenvalue weighted by molar-refractivity contribution is 0.0957. The highest BCUT2D eigenvalue weighted by molar-refractivity contribution is 9.11. The SMILES string of the molecule is C=C(Br)CNC(=O)c1cc(Cl)c2c(c1)OCO2. The van der Waals surface area contributed by atoms with Gasteiger partial charge in [-0.25, -0.2) is 0 Å². The summed E-state index contributed by atoms with van der Waals surface area (Å²) < 4.78 is 11.0. The van der Waals surface area contributed by atoms with Crippen molar-refractivity contribution in [3.05, 3.63) is 33.8 Å². The number of benzene rings is 1. The topological polar surface area (TPSA) is 47.6 Å². The fourth-order valence-electron chi connectivity index (χ4n) is 1.38. The minimum atomic E-state index is -0.245. The van der Waals surface area contributed by atoms with Crippen LogP contribution in [0.5, 0.6) is 11.5 Å². The molecule has 0 fully saturated rings. The van der Waals surface area contributed by atoms with Crippen LogP contribution in [0.1, 0.15) is 10.4 Å². The molecule has 4 nitrogen and oxygen atoms in total. The molecule has 17 heavy (non-hydrogen) atoms. The van der Waals surface area contributed by atoms with E-state index in [4.69, 9.17) is 21.1 Å². The van der Waals surface area contributed by atoms with Crippen molar-refractivity contribution >= 4 is 33.4 Å². The summed E-state index contributed by atoms with van der Waals surface area (Å²) >= 11 is 9.13. The molecule has 0 aliphatic carbocycles. The van der Waals surface area contributed by atoms with E-state index in [2.05, 4.69) is 27.8 Å². The van der Waals surface area contributed by atoms with Crippen molar-refractivity contribution in [3.63, 3.8) is 0 Å². The summed E-state index contributed by atoms with van der Waals surface area (Å²) in [7, 11) is 0. The number of carbonyl (C=O) groups is 1. The van der Waals surface area contributed by atoms with Crippen LogP contribution in [-0.4, -0.2) is 19.2 Å². The maximum absolute atomic E-state index is 11.8. The highest BCUT2D eigenvalue weighted by atomic mass is 79.9. The number of ether oxygens (including phenoxy) is 2. The normalized spacial score (nSPS) is 12.4. The van der Waals surface area contributed by atoms with Crippen LogP contribution in [-0.2, 0) is 0 Å². The third-order valence-electron chi connectivity index (χ3n) is 2.13. The zero-order valence-corrected chi connectivity index (χ0v) is 11.1. The Labute approximate surface area is 112 Å². The third-order valence-corrected chi connectivity index (χ3v) is 2.69. The van der Waals surface area contributed by atoms with Crippen LogP contribution in [0.4, 0.5) is 0 Å². The maximum Gasteiger partial charge on any atom is 0.251 e. The van der Waals surface area contributed by atoms with Crippen LogP contribution >= 0.6 is 27.5 Å². The number of rotatable bonds is 3. The Bertz CT molecular complexity index is 490. The van der Waals surface area contributed by atoms with Crippen molar-refractivity contribution < 1.29 is 14.3 Å². The summed E-state index contributed by atoms with van der Waals surface area (Å²) in [6.45, 7) is 4.10. The summed E-state index contributed by atoms with van der Waals surface area (Å²) in [6.07, 6.45) is 0. The second-order valence-electron chi connectivity index (χ2n) is 3.39. The van der Waals surface area contributed by atoms with Gasteiger partial charge in [0.15, 0.2) is 11.5 Å². The summed E-state index contributed by atoms with van der Waals surface area (Å²) in [4.78, 5) is 11.8. The monoisotopic (exact) mass is 317 g/mol. The predicted octanol–water partition coefficient (Wildman–Crippen LogP) is 2.71. The molecule has 1 N–H and O–H groups in total. The second kappa shape index (κ2) is 4.98. The number of amides is 1. The molecule has 1 aromatic carbocycles. The van der Waals surface area contributed by atoms with Crippen molar-refractivity contribution in [2.75, 3.05) is 13.3 Å². The van der Waals surface area contributed by atoms with E-state index in [1.165, 1.54) is 0 Å². The molecule has 90 valence electrons. The van der Waals surface area contributed by atoms with Crippen LogP contribution in [0.2, 0.25) is 5.02 Å². The molecule has 0 spiro atoms. The summed E-state index contributed by atoms with van der Waals surface area (Å²) in [5.41, 5.74) is 0.424. The first-order valence-corrected chi connectivity index (χ1v) is 5.95. The average molecular weight is 319 g/mol. The van der Waals surface area contributed by atoms with Gasteiger partial charge in [0.25, 0.3) is 5.91 Å². The average Bonchev–Trinajstić information content (AvgIpc) is 2.74. The van der Waals surface area contributed by atoms with Crippen molar-refractivity contribution in [3.8, 4) is 11.5 Å². The number of halogens is 2. The number of fused-ring (bicyclic) bond motifs is 1. The Kier molecular flexibility index (Phi) is 3.59. The number of hydrogen-bond acceptors (Lipinski definition) is 3. The van der Waals surface area contributed by atoms with Crippen molar-refractivity contribution in [1.29, 1.82) is 0 Å². The Morgan fingerprint density at radius 2 is 2.29 bits per heavy atom. The van der Waals surface area contributed by atoms with E-state index in [0.717, 1.165) is 0 Å². The van der Waals surface area contributed by atoms with Crippen molar-refractivity contribution in [2.24, 2.45) is 0 Å². The Morgan fingerprint density at radius 1 is 1.53 bits per heavy atom. The van der Waals surface area contributed by atoms with E-state index >= 15 is 0 Å². The van der Waals surface area contributed by atoms with Gasteiger partial charge >= 0.3 is 0 Å². The first kappa shape index (κ1) is 12.3. The van der Waals surface area contributed by atoms with Gasteiger partial charge in [-0.3, -0.25) is 4.79 Å². The number of hydrogen-bond donors (Lipinski definition) is 1. The largest absolute Gasteiger partial charge is 0.454 e. The smallest absolute Gasteiger partial charge is 0.251 e. The molecule has 0 aromatic heterocycles. The lowest BCUT2D eigenvalue weighted by Crippen LogP contribution is -2.24. The molecule has 0 unspecified atom stereocenters. The minimum absolute atomic E-state index is 0.123. The van der Waals surface area contributed by atoms with E-state index in [0.29, 0.717) is 33.1 Å². The molecular weight excluding hydrogens is 309 g/mol. The van der Waals surface area contributed by atoms with E-state index in [-0.39, 0.29) is 12.7 Å². The molecule has 1 aromatic rings. The zero-order valence-electron chi connectivity index (χ0n) is 8.76. The molecule has 1 heterocycles. The molecule has 0 saturated heterocycles. The third kappa shape index (κ3) is 2.73. The lowest BCUT2D eigenvalue weighted by Gasteiger charge is -2.06. The van der Waals surface area contributed by atoms with E-state index in [9.17, 15) is 4.79 Å². The number of carbonyl (C=O) groups excluding carboxylic acids is 1. The maximum atomic E-state index is 11.8. The minimum Gasteiger partial charge on any atom is -0.454 e. The van der Waals surface area contributed by atoms with Gasteiger partial charge in [0.1, 0.15) is 0 Å². The van der Waals surface area contributed by atoms with Crippen LogP contribution in [0.15, 0.2) is 23.2 Å². The van der Waals surface area contributed by atoms with Gasteiger partial charge in [-0.1, -0.05) is 34.1 Å². The summed E-state index contributed by atoms with van der Waals surface area (Å²) in [5.74, 6) is 0.722. The van der Waals surface area contributed by atoms with E-state index in [1.807, 2.05) is 0 Å². The Hall–Kier alpha value is -1.20. The Morgan fingerprint density at radius 3 is 3.00 bits per heavy atom. The lowest BCUT2D eigenvalue weighted by atomic mass is 10.2. The van der Waals surface area contributed by atoms with Crippen LogP contribution < -0.4 is 14.8 Å². The molecule has 0 radical (unpaired) electrons. The van der Waals surface area contributed by atoms with Crippen molar-refractivity contribution in [2.45, 2.75) is 0 Å². The molecule has 0 bridgehead atoms. The van der Waals surface area contributed by atoms with Gasteiger partial charge in [0.2, 0.25) is 6.79 Å². The van der Waals surface area contributed by atoms with Crippen molar-refractivity contribution in [1.82, 2.24) is 5.32 Å². The van der Waals surface area contributed by atoms with E-state index < -0.39 is 0 Å². The first-order chi connectivity index (χ1) is 8.08. The highest BCUT2D eigenvalue weighted by Crippen LogP contribution is 2.39. The molecular formula is C11H9BrClNO3. The van der Waals surface area contributed by atoms with E-state index in [1.54, 1.807) is 12.1 Å². The van der Waals surface area contributed by atoms with Crippen LogP contribution in [0.25, 0.3) is 0 Å². The molecule has 0 atom stereocenters. The van der Waals surface area contributed by atoms with Gasteiger partial charge in [-0.15, -0.1) is 0 Å². The molecule has 6 heteroatoms. The highest BCUT2D eigenvalue weighted by Gasteiger charge is 2.20. The molecule has 1 amide bonds. The predicted molar refractivity (Wildman–Crippen MR) is 68.0 cm³/mol. The molecule has 2 rings (SSSR count). The van der Waals surface area contributed by atoms with Gasteiger partial charge in [-0.2, -0.15) is 0 Å². The molecule has 0 saturated carbocycles. The summed E-state index contributed by atoms with van der Waals surface area (Å²) in [5, 5.41) is 3.04. The van der Waals surface area contributed by atoms with Crippen LogP contribution in [0, 0.1) is 0 Å². The Balaban J connectivity index is 2.19. The number of nitrogens with one attached hydrogen (secondary N) is 1. The first-order valence-electron chi connectivity index (χ1n) is 4.78. The quantitative estimate of drug-likeness (QED) is 0.932. The summed E-state index contributed by atoms with van der Waals surface area (Å²) in [6, 6.07) is 3.14. The van der Waals surface area contributed by atoms with Gasteiger partial charge < -0.3 is 14.8 Å². The van der Waals surface area contributed by atoms with Crippen LogP contribution in [0.3, 0.4) is 0 Å². The molecule has 1 aliphatic rings. The second-order valence-corrected chi connectivity index (χ2v) is 4.92. The van der Waals surface area contributed by atoms with Gasteiger partial charge in [0, 0.05) is 16.6 Å². The van der Waals surface area contributed by atoms with Gasteiger partial charge in [0.05, 0.1) is 5.02 Å². The zero-order chi connectivity index (χ0) is 12.4. The standard InChI is InChI=1S/C11H9BrClNO3/c1-6(12)4-14-11(15)7-2-8(13)10-9(3-7)16-5-17-10/h2-3H,1,4-5H2,(H,14,15). The fraction of sp³-hybridized carbons (Fsp3) is 0.182. The molecule has 1 aliphatic heterocycles. The van der Waals surface area contributed by atoms with Gasteiger partial charge in [-0.05, 0) is 12.1 Å².